The second kappa shape index (κ2) is 11.0. The van der Waals surface area contributed by atoms with Crippen molar-refractivity contribution in [2.45, 2.75) is 49.8 Å². The highest BCUT2D eigenvalue weighted by Crippen LogP contribution is 2.28. The van der Waals surface area contributed by atoms with E-state index in [1.165, 1.54) is 64.5 Å². The number of piperazine rings is 1. The Labute approximate surface area is 195 Å². The summed E-state index contributed by atoms with van der Waals surface area (Å²) in [7, 11) is -1.50. The molecule has 2 aliphatic rings. The van der Waals surface area contributed by atoms with Crippen molar-refractivity contribution in [2.75, 3.05) is 40.3 Å². The van der Waals surface area contributed by atoms with Gasteiger partial charge in [0.25, 0.3) is 15.9 Å². The highest BCUT2D eigenvalue weighted by atomic mass is 35.5. The van der Waals surface area contributed by atoms with Crippen LogP contribution in [0.4, 0.5) is 0 Å². The van der Waals surface area contributed by atoms with Gasteiger partial charge in [-0.3, -0.25) is 14.4 Å². The molecule has 1 aliphatic heterocycles. The summed E-state index contributed by atoms with van der Waals surface area (Å²) in [6, 6.07) is 4.19. The summed E-state index contributed by atoms with van der Waals surface area (Å²) in [6.45, 7) is 1.80. The van der Waals surface area contributed by atoms with E-state index in [0.29, 0.717) is 43.0 Å². The molecule has 32 heavy (non-hydrogen) atoms. The number of halogens is 1. The number of carbonyl (C=O) groups excluding carboxylic acids is 2. The molecule has 3 rings (SSSR count). The van der Waals surface area contributed by atoms with Gasteiger partial charge >= 0.3 is 0 Å². The SMILES string of the molecule is CON(C)S(=O)(=O)c1cc(C(=O)N2CCN(C(=O)CCC3CCCCC3)CC2)ccc1Cl. The van der Waals surface area contributed by atoms with Crippen molar-refractivity contribution in [1.82, 2.24) is 14.3 Å². The van der Waals surface area contributed by atoms with E-state index in [1.807, 2.05) is 4.90 Å². The monoisotopic (exact) mass is 485 g/mol. The summed E-state index contributed by atoms with van der Waals surface area (Å²) in [5, 5.41) is 0.0128. The van der Waals surface area contributed by atoms with Crippen LogP contribution in [0, 0.1) is 5.92 Å². The molecule has 0 aromatic heterocycles. The van der Waals surface area contributed by atoms with Crippen molar-refractivity contribution < 1.29 is 22.8 Å². The number of hydrogen-bond acceptors (Lipinski definition) is 5. The van der Waals surface area contributed by atoms with Crippen LogP contribution >= 0.6 is 11.6 Å². The van der Waals surface area contributed by atoms with Crippen LogP contribution in [-0.2, 0) is 19.7 Å². The molecule has 0 atom stereocenters. The summed E-state index contributed by atoms with van der Waals surface area (Å²) < 4.78 is 25.8. The minimum Gasteiger partial charge on any atom is -0.339 e. The van der Waals surface area contributed by atoms with Gasteiger partial charge in [0.1, 0.15) is 4.90 Å². The van der Waals surface area contributed by atoms with Crippen molar-refractivity contribution in [2.24, 2.45) is 5.92 Å². The lowest BCUT2D eigenvalue weighted by atomic mass is 9.86. The summed E-state index contributed by atoms with van der Waals surface area (Å²) in [4.78, 5) is 33.6. The Kier molecular flexibility index (Phi) is 8.55. The van der Waals surface area contributed by atoms with Crippen LogP contribution in [0.15, 0.2) is 23.1 Å². The smallest absolute Gasteiger partial charge is 0.266 e. The molecule has 2 amide bonds. The largest absolute Gasteiger partial charge is 0.339 e. The Hall–Kier alpha value is -1.68. The summed E-state index contributed by atoms with van der Waals surface area (Å²) in [5.74, 6) is 0.542. The molecule has 1 aliphatic carbocycles. The van der Waals surface area contributed by atoms with Crippen LogP contribution < -0.4 is 0 Å². The van der Waals surface area contributed by atoms with Crippen LogP contribution in [-0.4, -0.2) is 74.8 Å². The second-order valence-corrected chi connectivity index (χ2v) is 10.8. The van der Waals surface area contributed by atoms with E-state index in [9.17, 15) is 18.0 Å². The average molecular weight is 486 g/mol. The molecule has 178 valence electrons. The zero-order valence-electron chi connectivity index (χ0n) is 18.8. The fourth-order valence-corrected chi connectivity index (χ4v) is 5.85. The topological polar surface area (TPSA) is 87.2 Å². The molecular weight excluding hydrogens is 454 g/mol. The number of amides is 2. The van der Waals surface area contributed by atoms with E-state index in [2.05, 4.69) is 0 Å². The summed E-state index contributed by atoms with van der Waals surface area (Å²) >= 11 is 6.08. The van der Waals surface area contributed by atoms with Crippen molar-refractivity contribution in [3.05, 3.63) is 28.8 Å². The van der Waals surface area contributed by atoms with Crippen molar-refractivity contribution >= 4 is 33.4 Å². The van der Waals surface area contributed by atoms with Crippen LogP contribution in [0.1, 0.15) is 55.3 Å². The fraction of sp³-hybridized carbons (Fsp3) is 0.636. The molecule has 0 spiro atoms. The Balaban J connectivity index is 1.58. The molecule has 0 radical (unpaired) electrons. The highest BCUT2D eigenvalue weighted by molar-refractivity contribution is 7.89. The van der Waals surface area contributed by atoms with Gasteiger partial charge in [0.2, 0.25) is 5.91 Å². The number of sulfonamides is 1. The number of carbonyl (C=O) groups is 2. The molecule has 1 heterocycles. The minimum absolute atomic E-state index is 0.0128. The lowest BCUT2D eigenvalue weighted by Crippen LogP contribution is -2.50. The second-order valence-electron chi connectivity index (χ2n) is 8.46. The Bertz CT molecular complexity index is 925. The zero-order valence-corrected chi connectivity index (χ0v) is 20.3. The van der Waals surface area contributed by atoms with Gasteiger partial charge in [-0.25, -0.2) is 8.42 Å². The first-order chi connectivity index (χ1) is 15.2. The van der Waals surface area contributed by atoms with Gasteiger partial charge in [0.05, 0.1) is 12.1 Å². The first-order valence-electron chi connectivity index (χ1n) is 11.1. The lowest BCUT2D eigenvalue weighted by Gasteiger charge is -2.35. The Morgan fingerprint density at radius 1 is 1.09 bits per heavy atom. The Morgan fingerprint density at radius 2 is 1.72 bits per heavy atom. The van der Waals surface area contributed by atoms with E-state index in [1.54, 1.807) is 4.90 Å². The van der Waals surface area contributed by atoms with Gasteiger partial charge in [0.15, 0.2) is 0 Å². The first-order valence-corrected chi connectivity index (χ1v) is 13.0. The molecule has 1 aromatic rings. The zero-order chi connectivity index (χ0) is 23.3. The van der Waals surface area contributed by atoms with Crippen molar-refractivity contribution in [3.8, 4) is 0 Å². The summed E-state index contributed by atoms with van der Waals surface area (Å²) in [5.41, 5.74) is 0.231. The van der Waals surface area contributed by atoms with Crippen LogP contribution in [0.2, 0.25) is 5.02 Å². The van der Waals surface area contributed by atoms with E-state index in [4.69, 9.17) is 16.4 Å². The van der Waals surface area contributed by atoms with Gasteiger partial charge in [-0.15, -0.1) is 0 Å². The van der Waals surface area contributed by atoms with Crippen LogP contribution in [0.5, 0.6) is 0 Å². The Morgan fingerprint density at radius 3 is 2.34 bits per heavy atom. The van der Waals surface area contributed by atoms with E-state index in [0.717, 1.165) is 6.42 Å². The average Bonchev–Trinajstić information content (AvgIpc) is 2.82. The normalized spacial score (nSPS) is 18.2. The third kappa shape index (κ3) is 5.81. The molecule has 1 saturated heterocycles. The quantitative estimate of drug-likeness (QED) is 0.553. The van der Waals surface area contributed by atoms with Crippen LogP contribution in [0.25, 0.3) is 0 Å². The molecule has 1 saturated carbocycles. The number of nitrogens with zero attached hydrogens (tertiary/aromatic N) is 3. The molecular formula is C22H32ClN3O5S. The molecule has 0 bridgehead atoms. The number of hydroxylamine groups is 1. The van der Waals surface area contributed by atoms with Crippen molar-refractivity contribution in [1.29, 1.82) is 0 Å². The maximum Gasteiger partial charge on any atom is 0.266 e. The maximum atomic E-state index is 13.0. The number of hydrogen-bond donors (Lipinski definition) is 0. The predicted molar refractivity (Wildman–Crippen MR) is 122 cm³/mol. The fourth-order valence-electron chi connectivity index (χ4n) is 4.37. The van der Waals surface area contributed by atoms with Gasteiger partial charge in [0, 0.05) is 45.2 Å². The van der Waals surface area contributed by atoms with Crippen molar-refractivity contribution in [3.63, 3.8) is 0 Å². The minimum atomic E-state index is -3.99. The van der Waals surface area contributed by atoms with E-state index < -0.39 is 10.0 Å². The molecule has 2 fully saturated rings. The molecule has 10 heteroatoms. The number of rotatable bonds is 7. The lowest BCUT2D eigenvalue weighted by molar-refractivity contribution is -0.133. The predicted octanol–water partition coefficient (Wildman–Crippen LogP) is 3.17. The first kappa shape index (κ1) is 25.0. The van der Waals surface area contributed by atoms with Gasteiger partial charge < -0.3 is 9.80 Å². The molecule has 0 unspecified atom stereocenters. The standard InChI is InChI=1S/C22H32ClN3O5S/c1-24(31-2)32(29,30)20-16-18(9-10-19(20)23)22(28)26-14-12-25(13-15-26)21(27)11-8-17-6-4-3-5-7-17/h9-10,16-17H,3-8,11-15H2,1-2H3. The third-order valence-corrected chi connectivity index (χ3v) is 8.62. The third-order valence-electron chi connectivity index (χ3n) is 6.46. The van der Waals surface area contributed by atoms with E-state index >= 15 is 0 Å². The van der Waals surface area contributed by atoms with Gasteiger partial charge in [-0.05, 0) is 30.5 Å². The number of benzene rings is 1. The molecule has 0 N–H and O–H groups in total. The molecule has 8 nitrogen and oxygen atoms in total. The van der Waals surface area contributed by atoms with Crippen LogP contribution in [0.3, 0.4) is 0 Å². The molecule has 1 aromatic carbocycles. The van der Waals surface area contributed by atoms with E-state index in [-0.39, 0.29) is 27.3 Å². The maximum absolute atomic E-state index is 13.0. The summed E-state index contributed by atoms with van der Waals surface area (Å²) in [6.07, 6.45) is 7.85. The van der Waals surface area contributed by atoms with Gasteiger partial charge in [-0.1, -0.05) is 48.2 Å². The highest BCUT2D eigenvalue weighted by Gasteiger charge is 2.28. The van der Waals surface area contributed by atoms with Gasteiger partial charge in [-0.2, -0.15) is 0 Å².